The first-order valence-corrected chi connectivity index (χ1v) is 12.3. The maximum atomic E-state index is 13.9. The number of rotatable bonds is 6. The van der Waals surface area contributed by atoms with Crippen LogP contribution in [0.25, 0.3) is 16.9 Å². The number of ether oxygens (including phenoxy) is 1. The Bertz CT molecular complexity index is 1640. The highest BCUT2D eigenvalue weighted by molar-refractivity contribution is 7.92. The molecule has 0 aliphatic heterocycles. The number of carboxylic acids is 1. The summed E-state index contributed by atoms with van der Waals surface area (Å²) in [6, 6.07) is 12.6. The Hall–Kier alpha value is -3.63. The fourth-order valence-electron chi connectivity index (χ4n) is 3.90. The molecule has 0 bridgehead atoms. The first-order valence-electron chi connectivity index (χ1n) is 10.4. The lowest BCUT2D eigenvalue weighted by Crippen LogP contribution is -2.30. The van der Waals surface area contributed by atoms with Gasteiger partial charge >= 0.3 is 11.7 Å². The normalized spacial score (nSPS) is 12.1. The minimum atomic E-state index is -4.08. The summed E-state index contributed by atoms with van der Waals surface area (Å²) >= 11 is 6.47. The summed E-state index contributed by atoms with van der Waals surface area (Å²) in [4.78, 5) is 31.0. The molecule has 4 rings (SSSR count). The third-order valence-corrected chi connectivity index (χ3v) is 8.75. The number of sulfone groups is 1. The molecule has 11 heteroatoms. The molecule has 2 aromatic heterocycles. The van der Waals surface area contributed by atoms with Gasteiger partial charge in [-0.1, -0.05) is 41.9 Å². The van der Waals surface area contributed by atoms with Gasteiger partial charge in [0.25, 0.3) is 0 Å². The third kappa shape index (κ3) is 3.88. The van der Waals surface area contributed by atoms with Crippen molar-refractivity contribution < 1.29 is 23.1 Å². The van der Waals surface area contributed by atoms with E-state index in [9.17, 15) is 23.1 Å². The zero-order valence-corrected chi connectivity index (χ0v) is 20.9. The van der Waals surface area contributed by atoms with Gasteiger partial charge in [-0.05, 0) is 44.0 Å². The van der Waals surface area contributed by atoms with Crippen molar-refractivity contribution >= 4 is 38.6 Å². The number of aromatic amines is 1. The number of methoxy groups -OCH3 is 1. The fraction of sp³-hybridized carbons (Fsp3) is 0.208. The second kappa shape index (κ2) is 8.54. The molecule has 2 heterocycles. The number of hydrogen-bond donors (Lipinski definition) is 2. The molecule has 0 aliphatic rings. The summed E-state index contributed by atoms with van der Waals surface area (Å²) in [6.07, 6.45) is 0. The van der Waals surface area contributed by atoms with Crippen LogP contribution in [0.3, 0.4) is 0 Å². The van der Waals surface area contributed by atoms with Crippen molar-refractivity contribution in [1.29, 1.82) is 0 Å². The molecular formula is C24H22ClN3O6S. The topological polar surface area (TPSA) is 131 Å². The minimum absolute atomic E-state index is 0.00475. The van der Waals surface area contributed by atoms with Gasteiger partial charge in [0.15, 0.2) is 21.2 Å². The Balaban J connectivity index is 2.03. The molecule has 0 spiro atoms. The van der Waals surface area contributed by atoms with E-state index in [1.807, 2.05) is 0 Å². The van der Waals surface area contributed by atoms with Crippen LogP contribution in [0.15, 0.2) is 58.2 Å². The number of H-pyrrole nitrogens is 1. The van der Waals surface area contributed by atoms with Crippen LogP contribution < -0.4 is 10.4 Å². The minimum Gasteiger partial charge on any atom is -0.495 e. The maximum absolute atomic E-state index is 13.9. The predicted molar refractivity (Wildman–Crippen MR) is 132 cm³/mol. The van der Waals surface area contributed by atoms with Gasteiger partial charge in [-0.15, -0.1) is 0 Å². The Morgan fingerprint density at radius 1 is 1.17 bits per heavy atom. The summed E-state index contributed by atoms with van der Waals surface area (Å²) in [5.41, 5.74) is 0.435. The molecule has 0 aliphatic carbocycles. The molecule has 0 atom stereocenters. The van der Waals surface area contributed by atoms with Crippen molar-refractivity contribution in [3.63, 3.8) is 0 Å². The molecule has 0 fully saturated rings. The Kier molecular flexibility index (Phi) is 5.98. The van der Waals surface area contributed by atoms with Crippen molar-refractivity contribution in [2.75, 3.05) is 7.11 Å². The summed E-state index contributed by atoms with van der Waals surface area (Å²) in [6.45, 7) is 4.78. The molecule has 0 radical (unpaired) electrons. The van der Waals surface area contributed by atoms with E-state index in [4.69, 9.17) is 16.3 Å². The number of carbonyl (C=O) groups is 1. The molecule has 4 aromatic rings. The number of aryl methyl sites for hydroxylation is 1. The number of aromatic nitrogens is 3. The third-order valence-electron chi connectivity index (χ3n) is 5.97. The second-order valence-electron chi connectivity index (χ2n) is 8.43. The molecule has 2 N–H and O–H groups in total. The number of nitrogens with zero attached hydrogens (tertiary/aromatic N) is 2. The van der Waals surface area contributed by atoms with E-state index in [1.165, 1.54) is 25.3 Å². The quantitative estimate of drug-likeness (QED) is 0.395. The highest BCUT2D eigenvalue weighted by Crippen LogP contribution is 2.41. The molecule has 2 aromatic carbocycles. The van der Waals surface area contributed by atoms with E-state index < -0.39 is 26.2 Å². The molecule has 0 saturated carbocycles. The van der Waals surface area contributed by atoms with Crippen LogP contribution in [0.4, 0.5) is 0 Å². The van der Waals surface area contributed by atoms with E-state index in [0.717, 1.165) is 4.57 Å². The van der Waals surface area contributed by atoms with Crippen LogP contribution >= 0.6 is 11.6 Å². The Morgan fingerprint density at radius 2 is 1.83 bits per heavy atom. The Labute approximate surface area is 205 Å². The highest BCUT2D eigenvalue weighted by atomic mass is 35.5. The number of carboxylic acid groups (broad SMARTS) is 1. The van der Waals surface area contributed by atoms with Crippen LogP contribution in [0.5, 0.6) is 5.75 Å². The molecule has 0 unspecified atom stereocenters. The van der Waals surface area contributed by atoms with Crippen molar-refractivity contribution in [2.24, 2.45) is 0 Å². The first-order chi connectivity index (χ1) is 16.4. The lowest BCUT2D eigenvalue weighted by Gasteiger charge is -2.27. The summed E-state index contributed by atoms with van der Waals surface area (Å²) in [7, 11) is -2.76. The zero-order valence-electron chi connectivity index (χ0n) is 19.3. The number of imidazole rings is 1. The van der Waals surface area contributed by atoms with Gasteiger partial charge in [-0.3, -0.25) is 0 Å². The average molecular weight is 516 g/mol. The van der Waals surface area contributed by atoms with Crippen molar-refractivity contribution in [1.82, 2.24) is 14.5 Å². The smallest absolute Gasteiger partial charge is 0.354 e. The van der Waals surface area contributed by atoms with Gasteiger partial charge in [0.2, 0.25) is 0 Å². The fourth-order valence-corrected chi connectivity index (χ4v) is 5.81. The lowest BCUT2D eigenvalue weighted by molar-refractivity contribution is 0.0690. The monoisotopic (exact) mass is 515 g/mol. The average Bonchev–Trinajstić information content (AvgIpc) is 3.15. The largest absolute Gasteiger partial charge is 0.495 e. The van der Waals surface area contributed by atoms with Crippen molar-refractivity contribution in [3.8, 4) is 11.4 Å². The van der Waals surface area contributed by atoms with Crippen LogP contribution in [0, 0.1) is 6.92 Å². The van der Waals surface area contributed by atoms with E-state index in [0.29, 0.717) is 16.6 Å². The summed E-state index contributed by atoms with van der Waals surface area (Å²) < 4.78 is 32.9. The molecule has 0 saturated heterocycles. The number of hydrogen-bond acceptors (Lipinski definition) is 6. The predicted octanol–water partition coefficient (Wildman–Crippen LogP) is 4.09. The molecule has 35 heavy (non-hydrogen) atoms. The van der Waals surface area contributed by atoms with Gasteiger partial charge < -0.3 is 14.8 Å². The van der Waals surface area contributed by atoms with Crippen LogP contribution in [-0.2, 0) is 14.6 Å². The second-order valence-corrected chi connectivity index (χ2v) is 11.3. The van der Waals surface area contributed by atoms with Crippen molar-refractivity contribution in [2.45, 2.75) is 30.4 Å². The van der Waals surface area contributed by atoms with E-state index in [-0.39, 0.29) is 32.7 Å². The Morgan fingerprint density at radius 3 is 2.43 bits per heavy atom. The van der Waals surface area contributed by atoms with Crippen LogP contribution in [0.2, 0.25) is 5.02 Å². The highest BCUT2D eigenvalue weighted by Gasteiger charge is 2.40. The molecular weight excluding hydrogens is 494 g/mol. The number of halogens is 1. The van der Waals surface area contributed by atoms with Crippen molar-refractivity contribution in [3.05, 3.63) is 80.9 Å². The van der Waals surface area contributed by atoms with Gasteiger partial charge in [-0.25, -0.2) is 27.6 Å². The SMILES string of the molecule is COc1cc(Cl)c(-n2c(=O)[nH]c3c(C)cc(C(=O)O)nc32)cc1S(=O)(=O)C(C)(C)c1ccccc1. The van der Waals surface area contributed by atoms with Crippen LogP contribution in [-0.4, -0.2) is 41.1 Å². The standard InChI is InChI=1S/C24H22ClN3O6S/c1-13-10-16(22(29)30)26-21-20(13)27-23(31)28(21)17-12-19(18(34-4)11-15(17)25)35(32,33)24(2,3)14-8-6-5-7-9-14/h5-12H,1-4H3,(H,27,31)(H,29,30). The van der Waals surface area contributed by atoms with E-state index in [2.05, 4.69) is 9.97 Å². The van der Waals surface area contributed by atoms with Gasteiger partial charge in [-0.2, -0.15) is 0 Å². The summed E-state index contributed by atoms with van der Waals surface area (Å²) in [5.74, 6) is -1.27. The molecule has 0 amide bonds. The number of aromatic carboxylic acids is 1. The van der Waals surface area contributed by atoms with Gasteiger partial charge in [0.05, 0.1) is 28.1 Å². The number of fused-ring (bicyclic) bond motifs is 1. The van der Waals surface area contributed by atoms with E-state index in [1.54, 1.807) is 51.1 Å². The molecule has 9 nitrogen and oxygen atoms in total. The molecule has 182 valence electrons. The number of nitrogens with one attached hydrogen (secondary N) is 1. The summed E-state index contributed by atoms with van der Waals surface area (Å²) in [5, 5.41) is 9.44. The lowest BCUT2D eigenvalue weighted by atomic mass is 10.0. The van der Waals surface area contributed by atoms with Crippen LogP contribution in [0.1, 0.15) is 35.5 Å². The van der Waals surface area contributed by atoms with E-state index >= 15 is 0 Å². The number of pyridine rings is 1. The zero-order chi connectivity index (χ0) is 25.7. The first kappa shape index (κ1) is 24.5. The van der Waals surface area contributed by atoms with Gasteiger partial charge in [0, 0.05) is 6.07 Å². The number of benzene rings is 2. The maximum Gasteiger partial charge on any atom is 0.354 e. The van der Waals surface area contributed by atoms with Gasteiger partial charge in [0.1, 0.15) is 10.6 Å².